The zero-order valence-electron chi connectivity index (χ0n) is 19.8. The molecule has 1 unspecified atom stereocenters. The van der Waals surface area contributed by atoms with Crippen LogP contribution >= 0.6 is 11.8 Å². The van der Waals surface area contributed by atoms with E-state index in [1.54, 1.807) is 12.1 Å². The molecule has 1 N–H and O–H groups in total. The number of carbonyl (C=O) groups is 1. The van der Waals surface area contributed by atoms with Gasteiger partial charge in [0, 0.05) is 12.2 Å². The van der Waals surface area contributed by atoms with Crippen molar-refractivity contribution in [2.24, 2.45) is 5.92 Å². The van der Waals surface area contributed by atoms with E-state index in [9.17, 15) is 9.18 Å². The standard InChI is InChI=1S/C25H31FN4O2S/c1-6-19-9-7-8-17(4)23(19)27-22(31)15-33-25-29-28-24(30(25)14-16(2)3)18(5)32-21-12-10-20(26)11-13-21/h7-13,16,18H,6,14-15H2,1-5H3,(H,27,31). The highest BCUT2D eigenvalue weighted by atomic mass is 32.2. The van der Waals surface area contributed by atoms with Crippen molar-refractivity contribution in [2.75, 3.05) is 11.1 Å². The van der Waals surface area contributed by atoms with Crippen molar-refractivity contribution in [3.63, 3.8) is 0 Å². The highest BCUT2D eigenvalue weighted by Crippen LogP contribution is 2.27. The van der Waals surface area contributed by atoms with E-state index in [1.807, 2.05) is 36.6 Å². The Kier molecular flexibility index (Phi) is 8.49. The smallest absolute Gasteiger partial charge is 0.234 e. The molecule has 1 amide bonds. The lowest BCUT2D eigenvalue weighted by molar-refractivity contribution is -0.113. The van der Waals surface area contributed by atoms with E-state index < -0.39 is 0 Å². The molecule has 0 saturated carbocycles. The predicted octanol–water partition coefficient (Wildman–Crippen LogP) is 5.81. The molecule has 33 heavy (non-hydrogen) atoms. The van der Waals surface area contributed by atoms with Crippen LogP contribution in [-0.4, -0.2) is 26.4 Å². The molecule has 0 fully saturated rings. The van der Waals surface area contributed by atoms with E-state index in [2.05, 4.69) is 36.3 Å². The lowest BCUT2D eigenvalue weighted by atomic mass is 10.1. The first-order chi connectivity index (χ1) is 15.8. The zero-order chi connectivity index (χ0) is 24.0. The molecule has 3 aromatic rings. The average Bonchev–Trinajstić information content (AvgIpc) is 3.17. The summed E-state index contributed by atoms with van der Waals surface area (Å²) in [7, 11) is 0. The number of nitrogens with zero attached hydrogens (tertiary/aromatic N) is 3. The predicted molar refractivity (Wildman–Crippen MR) is 130 cm³/mol. The van der Waals surface area contributed by atoms with Crippen molar-refractivity contribution in [2.45, 2.75) is 58.8 Å². The molecule has 1 aromatic heterocycles. The number of carbonyl (C=O) groups excluding carboxylic acids is 1. The second-order valence-electron chi connectivity index (χ2n) is 8.36. The van der Waals surface area contributed by atoms with Crippen molar-refractivity contribution in [3.8, 4) is 5.75 Å². The van der Waals surface area contributed by atoms with Gasteiger partial charge in [0.2, 0.25) is 5.91 Å². The number of aromatic nitrogens is 3. The van der Waals surface area contributed by atoms with Gasteiger partial charge in [0.05, 0.1) is 5.75 Å². The van der Waals surface area contributed by atoms with Gasteiger partial charge in [0.25, 0.3) is 0 Å². The third-order valence-electron chi connectivity index (χ3n) is 5.12. The van der Waals surface area contributed by atoms with E-state index in [-0.39, 0.29) is 23.6 Å². The fraction of sp³-hybridized carbons (Fsp3) is 0.400. The van der Waals surface area contributed by atoms with E-state index in [0.717, 1.165) is 23.2 Å². The fourth-order valence-electron chi connectivity index (χ4n) is 3.52. The Bertz CT molecular complexity index is 1080. The van der Waals surface area contributed by atoms with Crippen molar-refractivity contribution < 1.29 is 13.9 Å². The molecule has 0 aliphatic heterocycles. The van der Waals surface area contributed by atoms with Gasteiger partial charge in [-0.3, -0.25) is 4.79 Å². The molecular formula is C25H31FN4O2S. The molecule has 8 heteroatoms. The maximum absolute atomic E-state index is 13.2. The summed E-state index contributed by atoms with van der Waals surface area (Å²) in [6.07, 6.45) is 0.464. The van der Waals surface area contributed by atoms with E-state index in [4.69, 9.17) is 4.74 Å². The van der Waals surface area contributed by atoms with Gasteiger partial charge in [-0.25, -0.2) is 4.39 Å². The van der Waals surface area contributed by atoms with Crippen LogP contribution in [0.25, 0.3) is 0 Å². The quantitative estimate of drug-likeness (QED) is 0.379. The minimum absolute atomic E-state index is 0.0831. The number of nitrogens with one attached hydrogen (secondary N) is 1. The van der Waals surface area contributed by atoms with Gasteiger partial charge in [-0.05, 0) is 61.6 Å². The van der Waals surface area contributed by atoms with Crippen molar-refractivity contribution >= 4 is 23.4 Å². The van der Waals surface area contributed by atoms with Gasteiger partial charge in [0.1, 0.15) is 11.6 Å². The van der Waals surface area contributed by atoms with Crippen LogP contribution in [-0.2, 0) is 17.8 Å². The average molecular weight is 471 g/mol. The second kappa shape index (κ2) is 11.3. The lowest BCUT2D eigenvalue weighted by Gasteiger charge is -2.18. The van der Waals surface area contributed by atoms with Crippen LogP contribution in [0.1, 0.15) is 50.8 Å². The Hall–Kier alpha value is -2.87. The Balaban J connectivity index is 1.72. The Morgan fingerprint density at radius 1 is 1.15 bits per heavy atom. The number of ether oxygens (including phenoxy) is 1. The first-order valence-electron chi connectivity index (χ1n) is 11.1. The highest BCUT2D eigenvalue weighted by molar-refractivity contribution is 7.99. The minimum atomic E-state index is -0.385. The van der Waals surface area contributed by atoms with Crippen LogP contribution in [0.4, 0.5) is 10.1 Å². The summed E-state index contributed by atoms with van der Waals surface area (Å²) < 4.78 is 21.2. The van der Waals surface area contributed by atoms with Crippen molar-refractivity contribution in [1.82, 2.24) is 14.8 Å². The molecule has 0 aliphatic carbocycles. The molecule has 0 radical (unpaired) electrons. The summed E-state index contributed by atoms with van der Waals surface area (Å²) in [5.41, 5.74) is 3.05. The van der Waals surface area contributed by atoms with Crippen LogP contribution in [0.2, 0.25) is 0 Å². The number of benzene rings is 2. The third-order valence-corrected chi connectivity index (χ3v) is 6.09. The molecule has 3 rings (SSSR count). The number of hydrogen-bond donors (Lipinski definition) is 1. The van der Waals surface area contributed by atoms with Crippen LogP contribution < -0.4 is 10.1 Å². The number of halogens is 1. The number of rotatable bonds is 10. The normalized spacial score (nSPS) is 12.1. The highest BCUT2D eigenvalue weighted by Gasteiger charge is 2.21. The summed E-state index contributed by atoms with van der Waals surface area (Å²) >= 11 is 1.35. The molecule has 1 atom stereocenters. The molecule has 1 heterocycles. The van der Waals surface area contributed by atoms with Gasteiger partial charge in [-0.1, -0.05) is 50.7 Å². The van der Waals surface area contributed by atoms with Crippen LogP contribution in [0.5, 0.6) is 5.75 Å². The Morgan fingerprint density at radius 2 is 1.88 bits per heavy atom. The molecule has 0 aliphatic rings. The van der Waals surface area contributed by atoms with Crippen LogP contribution in [0.3, 0.4) is 0 Å². The first-order valence-corrected chi connectivity index (χ1v) is 12.1. The topological polar surface area (TPSA) is 69.0 Å². The minimum Gasteiger partial charge on any atom is -0.483 e. The summed E-state index contributed by atoms with van der Waals surface area (Å²) in [4.78, 5) is 12.7. The molecule has 2 aromatic carbocycles. The molecule has 0 saturated heterocycles. The maximum atomic E-state index is 13.2. The Labute approximate surface area is 199 Å². The van der Waals surface area contributed by atoms with Crippen LogP contribution in [0.15, 0.2) is 47.6 Å². The van der Waals surface area contributed by atoms with Gasteiger partial charge in [0.15, 0.2) is 17.1 Å². The number of amides is 1. The monoisotopic (exact) mass is 470 g/mol. The van der Waals surface area contributed by atoms with Gasteiger partial charge in [-0.2, -0.15) is 0 Å². The van der Waals surface area contributed by atoms with Gasteiger partial charge >= 0.3 is 0 Å². The second-order valence-corrected chi connectivity index (χ2v) is 9.30. The number of aryl methyl sites for hydroxylation is 2. The molecule has 0 bridgehead atoms. The van der Waals surface area contributed by atoms with Crippen molar-refractivity contribution in [1.29, 1.82) is 0 Å². The van der Waals surface area contributed by atoms with Crippen molar-refractivity contribution in [3.05, 3.63) is 65.2 Å². The summed E-state index contributed by atoms with van der Waals surface area (Å²) in [5.74, 6) is 1.41. The Morgan fingerprint density at radius 3 is 2.55 bits per heavy atom. The number of para-hydroxylation sites is 1. The lowest BCUT2D eigenvalue weighted by Crippen LogP contribution is -2.18. The third kappa shape index (κ3) is 6.57. The first kappa shape index (κ1) is 24.8. The molecule has 6 nitrogen and oxygen atoms in total. The van der Waals surface area contributed by atoms with E-state index in [1.165, 1.54) is 23.9 Å². The largest absolute Gasteiger partial charge is 0.483 e. The van der Waals surface area contributed by atoms with Gasteiger partial charge in [-0.15, -0.1) is 10.2 Å². The number of anilines is 1. The summed E-state index contributed by atoms with van der Waals surface area (Å²) in [6, 6.07) is 11.9. The summed E-state index contributed by atoms with van der Waals surface area (Å²) in [6.45, 7) is 10.9. The fourth-order valence-corrected chi connectivity index (χ4v) is 4.28. The maximum Gasteiger partial charge on any atom is 0.234 e. The number of hydrogen-bond acceptors (Lipinski definition) is 5. The SMILES string of the molecule is CCc1cccc(C)c1NC(=O)CSc1nnc(C(C)Oc2ccc(F)cc2)n1CC(C)C. The molecule has 176 valence electrons. The van der Waals surface area contributed by atoms with E-state index in [0.29, 0.717) is 29.2 Å². The zero-order valence-corrected chi connectivity index (χ0v) is 20.6. The summed E-state index contributed by atoms with van der Waals surface area (Å²) in [5, 5.41) is 12.4. The van der Waals surface area contributed by atoms with Crippen LogP contribution in [0, 0.1) is 18.7 Å². The molecular weight excluding hydrogens is 439 g/mol. The van der Waals surface area contributed by atoms with Gasteiger partial charge < -0.3 is 14.6 Å². The van der Waals surface area contributed by atoms with E-state index >= 15 is 0 Å². The number of thioether (sulfide) groups is 1. The molecule has 0 spiro atoms.